The number of hydrogen-bond donors (Lipinski definition) is 4. The number of carboxylic acid groups (broad SMARTS) is 1. The Balaban J connectivity index is 0.000000646. The van der Waals surface area contributed by atoms with Gasteiger partial charge < -0.3 is 15.2 Å². The Labute approximate surface area is 244 Å². The van der Waals surface area contributed by atoms with E-state index in [0.29, 0.717) is 18.0 Å². The van der Waals surface area contributed by atoms with Crippen LogP contribution >= 0.6 is 0 Å². The number of sulfonamides is 1. The standard InChI is InChI=1S/C25H28N4O6S.C2HF3O2/c1-16-13-17(20-5-3-4-6-23(20)26-16)15-35-19-9-7-18(8-10-19)27-24(30)21-11-12-29(36(2,33)34)14-22(21)25(31)28-32;3-2(4,5)1(6)7/h3-10,13,21-22,32H,11-12,14-15H2,1-2H3,(H,27,30)(H,28,31);(H,6,7)/t21-,22-;/m0./s1. The number of piperidine rings is 1. The second-order valence-electron chi connectivity index (χ2n) is 9.64. The molecule has 43 heavy (non-hydrogen) atoms. The molecule has 0 saturated carbocycles. The van der Waals surface area contributed by atoms with Crippen molar-refractivity contribution in [3.63, 3.8) is 0 Å². The fraction of sp³-hybridized carbons (Fsp3) is 0.333. The lowest BCUT2D eigenvalue weighted by Crippen LogP contribution is -2.51. The van der Waals surface area contributed by atoms with Gasteiger partial charge in [0.2, 0.25) is 21.8 Å². The molecule has 0 spiro atoms. The number of halogens is 3. The monoisotopic (exact) mass is 626 g/mol. The third-order valence-corrected chi connectivity index (χ3v) is 7.79. The zero-order chi connectivity index (χ0) is 31.9. The molecule has 0 radical (unpaired) electrons. The van der Waals surface area contributed by atoms with E-state index < -0.39 is 45.8 Å². The average Bonchev–Trinajstić information content (AvgIpc) is 2.95. The molecule has 1 aliphatic heterocycles. The van der Waals surface area contributed by atoms with Crippen LogP contribution < -0.4 is 15.5 Å². The van der Waals surface area contributed by atoms with Crippen molar-refractivity contribution in [1.29, 1.82) is 0 Å². The fourth-order valence-corrected chi connectivity index (χ4v) is 5.30. The van der Waals surface area contributed by atoms with Gasteiger partial charge in [0.1, 0.15) is 12.4 Å². The number of carbonyl (C=O) groups excluding carboxylic acids is 2. The molecule has 1 aromatic heterocycles. The first kappa shape index (κ1) is 33.2. The number of anilines is 1. The Kier molecular flexibility index (Phi) is 10.7. The molecule has 0 unspecified atom stereocenters. The summed E-state index contributed by atoms with van der Waals surface area (Å²) in [7, 11) is -3.53. The molecule has 1 saturated heterocycles. The van der Waals surface area contributed by atoms with Gasteiger partial charge in [0.25, 0.3) is 0 Å². The Morgan fingerprint density at radius 3 is 2.28 bits per heavy atom. The van der Waals surface area contributed by atoms with Crippen LogP contribution in [0, 0.1) is 18.8 Å². The molecule has 4 N–H and O–H groups in total. The molecule has 16 heteroatoms. The fourth-order valence-electron chi connectivity index (χ4n) is 4.43. The Bertz CT molecular complexity index is 1580. The van der Waals surface area contributed by atoms with Crippen molar-refractivity contribution in [1.82, 2.24) is 14.8 Å². The largest absolute Gasteiger partial charge is 0.490 e. The second kappa shape index (κ2) is 13.8. The number of amides is 2. The minimum absolute atomic E-state index is 0.113. The lowest BCUT2D eigenvalue weighted by Gasteiger charge is -2.35. The zero-order valence-corrected chi connectivity index (χ0v) is 23.8. The maximum absolute atomic E-state index is 12.9. The van der Waals surface area contributed by atoms with Crippen LogP contribution in [-0.2, 0) is 31.0 Å². The second-order valence-corrected chi connectivity index (χ2v) is 11.6. The summed E-state index contributed by atoms with van der Waals surface area (Å²) in [5.41, 5.74) is 4.88. The van der Waals surface area contributed by atoms with Gasteiger partial charge in [-0.2, -0.15) is 13.2 Å². The molecule has 4 rings (SSSR count). The molecule has 2 aromatic carbocycles. The van der Waals surface area contributed by atoms with E-state index in [1.807, 2.05) is 37.3 Å². The third-order valence-electron chi connectivity index (χ3n) is 6.52. The number of aliphatic carboxylic acids is 1. The number of aromatic nitrogens is 1. The summed E-state index contributed by atoms with van der Waals surface area (Å²) >= 11 is 0. The van der Waals surface area contributed by atoms with Crippen LogP contribution in [0.4, 0.5) is 18.9 Å². The van der Waals surface area contributed by atoms with Gasteiger partial charge in [0, 0.05) is 35.4 Å². The van der Waals surface area contributed by atoms with Crippen molar-refractivity contribution < 1.29 is 51.0 Å². The average molecular weight is 627 g/mol. The van der Waals surface area contributed by atoms with Crippen LogP contribution in [0.3, 0.4) is 0 Å². The highest BCUT2D eigenvalue weighted by Crippen LogP contribution is 2.28. The third kappa shape index (κ3) is 9.10. The summed E-state index contributed by atoms with van der Waals surface area (Å²) in [6, 6.07) is 16.7. The molecular weight excluding hydrogens is 597 g/mol. The van der Waals surface area contributed by atoms with Gasteiger partial charge in [-0.15, -0.1) is 0 Å². The number of hydrogen-bond acceptors (Lipinski definition) is 8. The molecule has 12 nitrogen and oxygen atoms in total. The first-order valence-corrected chi connectivity index (χ1v) is 14.5. The van der Waals surface area contributed by atoms with Crippen molar-refractivity contribution in [2.24, 2.45) is 11.8 Å². The van der Waals surface area contributed by atoms with Crippen molar-refractivity contribution >= 4 is 44.4 Å². The van der Waals surface area contributed by atoms with E-state index in [2.05, 4.69) is 10.3 Å². The number of nitrogens with one attached hydrogen (secondary N) is 2. The Morgan fingerprint density at radius 1 is 1.07 bits per heavy atom. The number of hydroxylamine groups is 1. The predicted octanol–water partition coefficient (Wildman–Crippen LogP) is 3.10. The maximum Gasteiger partial charge on any atom is 0.490 e. The number of ether oxygens (including phenoxy) is 1. The van der Waals surface area contributed by atoms with Gasteiger partial charge in [-0.25, -0.2) is 23.0 Å². The first-order valence-electron chi connectivity index (χ1n) is 12.7. The van der Waals surface area contributed by atoms with Gasteiger partial charge >= 0.3 is 12.1 Å². The summed E-state index contributed by atoms with van der Waals surface area (Å²) in [6.45, 7) is 2.22. The molecule has 2 atom stereocenters. The summed E-state index contributed by atoms with van der Waals surface area (Å²) in [6.07, 6.45) is -3.89. The number of nitrogens with zero attached hydrogens (tertiary/aromatic N) is 2. The van der Waals surface area contributed by atoms with Crippen molar-refractivity contribution in [3.05, 3.63) is 65.9 Å². The molecular formula is C27H29F3N4O8S. The molecule has 1 aliphatic rings. The minimum atomic E-state index is -5.08. The van der Waals surface area contributed by atoms with E-state index in [1.54, 1.807) is 29.7 Å². The van der Waals surface area contributed by atoms with E-state index in [0.717, 1.165) is 32.7 Å². The number of alkyl halides is 3. The van der Waals surface area contributed by atoms with Crippen LogP contribution in [-0.4, -0.2) is 71.3 Å². The lowest BCUT2D eigenvalue weighted by atomic mass is 9.85. The van der Waals surface area contributed by atoms with Gasteiger partial charge in [-0.3, -0.25) is 19.8 Å². The molecule has 2 amide bonds. The van der Waals surface area contributed by atoms with Crippen LogP contribution in [0.5, 0.6) is 5.75 Å². The van der Waals surface area contributed by atoms with Crippen LogP contribution in [0.1, 0.15) is 17.7 Å². The van der Waals surface area contributed by atoms with Crippen LogP contribution in [0.2, 0.25) is 0 Å². The van der Waals surface area contributed by atoms with Gasteiger partial charge in [-0.05, 0) is 49.7 Å². The van der Waals surface area contributed by atoms with E-state index >= 15 is 0 Å². The summed E-state index contributed by atoms with van der Waals surface area (Å²) < 4.78 is 62.6. The van der Waals surface area contributed by atoms with E-state index in [1.165, 1.54) is 0 Å². The molecule has 0 bridgehead atoms. The normalized spacial score (nSPS) is 17.3. The summed E-state index contributed by atoms with van der Waals surface area (Å²) in [5.74, 6) is -5.18. The lowest BCUT2D eigenvalue weighted by molar-refractivity contribution is -0.192. The van der Waals surface area contributed by atoms with E-state index in [-0.39, 0.29) is 19.5 Å². The van der Waals surface area contributed by atoms with E-state index in [4.69, 9.17) is 19.8 Å². The number of carboxylic acids is 1. The number of pyridine rings is 1. The van der Waals surface area contributed by atoms with Gasteiger partial charge in [0.05, 0.1) is 23.6 Å². The maximum atomic E-state index is 12.9. The Morgan fingerprint density at radius 2 is 1.70 bits per heavy atom. The Hall–Kier alpha value is -4.28. The topological polar surface area (TPSA) is 175 Å². The van der Waals surface area contributed by atoms with Gasteiger partial charge in [0.15, 0.2) is 0 Å². The van der Waals surface area contributed by atoms with Crippen LogP contribution in [0.25, 0.3) is 10.9 Å². The zero-order valence-electron chi connectivity index (χ0n) is 23.0. The number of carbonyl (C=O) groups is 3. The van der Waals surface area contributed by atoms with Crippen molar-refractivity contribution in [2.75, 3.05) is 24.7 Å². The van der Waals surface area contributed by atoms with E-state index in [9.17, 15) is 31.2 Å². The first-order chi connectivity index (χ1) is 20.1. The highest BCUT2D eigenvalue weighted by atomic mass is 32.2. The van der Waals surface area contributed by atoms with Gasteiger partial charge in [-0.1, -0.05) is 18.2 Å². The SMILES string of the molecule is Cc1cc(COc2ccc(NC(=O)[C@H]3CCN(S(C)(=O)=O)C[C@@H]3C(=O)NO)cc2)c2ccccc2n1.O=C(O)C(F)(F)F. The van der Waals surface area contributed by atoms with Crippen molar-refractivity contribution in [3.8, 4) is 5.75 Å². The number of aryl methyl sites for hydroxylation is 1. The molecule has 232 valence electrons. The summed E-state index contributed by atoms with van der Waals surface area (Å²) in [5, 5.41) is 20.0. The highest BCUT2D eigenvalue weighted by Gasteiger charge is 2.41. The molecule has 2 heterocycles. The number of para-hydroxylation sites is 1. The summed E-state index contributed by atoms with van der Waals surface area (Å²) in [4.78, 5) is 38.5. The quantitative estimate of drug-likeness (QED) is 0.227. The van der Waals surface area contributed by atoms with Crippen molar-refractivity contribution in [2.45, 2.75) is 26.1 Å². The number of rotatable bonds is 7. The van der Waals surface area contributed by atoms with Crippen LogP contribution in [0.15, 0.2) is 54.6 Å². The molecule has 3 aromatic rings. The smallest absolute Gasteiger partial charge is 0.489 e. The predicted molar refractivity (Wildman–Crippen MR) is 148 cm³/mol. The number of benzene rings is 2. The molecule has 1 fully saturated rings. The minimum Gasteiger partial charge on any atom is -0.489 e. The number of fused-ring (bicyclic) bond motifs is 1. The highest BCUT2D eigenvalue weighted by molar-refractivity contribution is 7.88. The molecule has 0 aliphatic carbocycles.